The van der Waals surface area contributed by atoms with Crippen LogP contribution in [0.15, 0.2) is 36.4 Å². The summed E-state index contributed by atoms with van der Waals surface area (Å²) in [6.07, 6.45) is 0. The van der Waals surface area contributed by atoms with Gasteiger partial charge in [0.1, 0.15) is 11.6 Å². The third kappa shape index (κ3) is 3.75. The minimum atomic E-state index is -0.289. The molecule has 1 N–H and O–H groups in total. The van der Waals surface area contributed by atoms with Gasteiger partial charge in [0.2, 0.25) is 0 Å². The molecule has 0 aliphatic carbocycles. The highest BCUT2D eigenvalue weighted by Crippen LogP contribution is 2.30. The molecule has 0 amide bonds. The smallest absolute Gasteiger partial charge is 0.145 e. The molecule has 2 aromatic rings. The molecule has 0 bridgehead atoms. The van der Waals surface area contributed by atoms with Crippen molar-refractivity contribution in [3.05, 3.63) is 58.9 Å². The largest absolute Gasteiger partial charge is 0.492 e. The second-order valence-electron chi connectivity index (χ2n) is 5.30. The molecule has 112 valence electrons. The molecule has 0 aromatic heterocycles. The van der Waals surface area contributed by atoms with Gasteiger partial charge >= 0.3 is 0 Å². The molecule has 0 aliphatic rings. The van der Waals surface area contributed by atoms with Gasteiger partial charge in [-0.15, -0.1) is 0 Å². The van der Waals surface area contributed by atoms with Crippen molar-refractivity contribution in [2.24, 2.45) is 0 Å². The highest BCUT2D eigenvalue weighted by Gasteiger charge is 2.12. The van der Waals surface area contributed by atoms with Gasteiger partial charge in [-0.05, 0) is 51.0 Å². The van der Waals surface area contributed by atoms with E-state index < -0.39 is 0 Å². The van der Waals surface area contributed by atoms with Gasteiger partial charge in [0.25, 0.3) is 0 Å². The van der Waals surface area contributed by atoms with Crippen LogP contribution >= 0.6 is 0 Å². The first-order valence-corrected chi connectivity index (χ1v) is 7.27. The third-order valence-electron chi connectivity index (χ3n) is 3.52. The Morgan fingerprint density at radius 3 is 2.62 bits per heavy atom. The second-order valence-corrected chi connectivity index (χ2v) is 5.30. The Kier molecular flexibility index (Phi) is 4.84. The highest BCUT2D eigenvalue weighted by atomic mass is 19.1. The van der Waals surface area contributed by atoms with Crippen molar-refractivity contribution in [3.63, 3.8) is 0 Å². The monoisotopic (exact) mass is 287 g/mol. The van der Waals surface area contributed by atoms with Crippen molar-refractivity contribution >= 4 is 5.69 Å². The Bertz CT molecular complexity index is 625. The Morgan fingerprint density at radius 2 is 1.90 bits per heavy atom. The van der Waals surface area contributed by atoms with E-state index in [1.54, 1.807) is 6.07 Å². The van der Waals surface area contributed by atoms with E-state index in [-0.39, 0.29) is 11.9 Å². The lowest BCUT2D eigenvalue weighted by Crippen LogP contribution is -2.10. The predicted octanol–water partition coefficient (Wildman–Crippen LogP) is 5.01. The standard InChI is InChI=1S/C18H22FNO/c1-5-21-18-11-15(19)8-9-17(18)20-14(4)16-10-12(2)6-7-13(16)3/h6-11,14,20H,5H2,1-4H3. The van der Waals surface area contributed by atoms with E-state index in [1.165, 1.54) is 28.8 Å². The van der Waals surface area contributed by atoms with Crippen LogP contribution in [0.3, 0.4) is 0 Å². The molecule has 0 radical (unpaired) electrons. The fraction of sp³-hybridized carbons (Fsp3) is 0.333. The molecule has 2 nitrogen and oxygen atoms in total. The molecule has 0 aliphatic heterocycles. The van der Waals surface area contributed by atoms with E-state index in [9.17, 15) is 4.39 Å². The van der Waals surface area contributed by atoms with E-state index in [1.807, 2.05) is 6.92 Å². The van der Waals surface area contributed by atoms with Crippen LogP contribution in [0.4, 0.5) is 10.1 Å². The predicted molar refractivity (Wildman–Crippen MR) is 85.5 cm³/mol. The molecular formula is C18H22FNO. The van der Waals surface area contributed by atoms with E-state index in [2.05, 4.69) is 44.3 Å². The van der Waals surface area contributed by atoms with Crippen molar-refractivity contribution in [3.8, 4) is 5.75 Å². The number of nitrogens with one attached hydrogen (secondary N) is 1. The minimum Gasteiger partial charge on any atom is -0.492 e. The van der Waals surface area contributed by atoms with Crippen molar-refractivity contribution in [1.29, 1.82) is 0 Å². The van der Waals surface area contributed by atoms with E-state index in [0.717, 1.165) is 5.69 Å². The molecule has 0 heterocycles. The second kappa shape index (κ2) is 6.61. The number of benzene rings is 2. The number of rotatable bonds is 5. The molecule has 0 spiro atoms. The third-order valence-corrected chi connectivity index (χ3v) is 3.52. The van der Waals surface area contributed by atoms with Gasteiger partial charge in [-0.1, -0.05) is 23.8 Å². The van der Waals surface area contributed by atoms with Crippen LogP contribution in [0.1, 0.15) is 36.6 Å². The van der Waals surface area contributed by atoms with Crippen LogP contribution < -0.4 is 10.1 Å². The van der Waals surface area contributed by atoms with E-state index in [4.69, 9.17) is 4.74 Å². The molecule has 0 saturated carbocycles. The van der Waals surface area contributed by atoms with Crippen LogP contribution in [0.5, 0.6) is 5.75 Å². The van der Waals surface area contributed by atoms with Gasteiger partial charge in [-0.25, -0.2) is 4.39 Å². The Hall–Kier alpha value is -2.03. The number of halogens is 1. The van der Waals surface area contributed by atoms with Gasteiger partial charge in [0, 0.05) is 12.1 Å². The summed E-state index contributed by atoms with van der Waals surface area (Å²) in [6.45, 7) is 8.68. The van der Waals surface area contributed by atoms with Crippen LogP contribution in [0.25, 0.3) is 0 Å². The normalized spacial score (nSPS) is 12.0. The maximum atomic E-state index is 13.3. The summed E-state index contributed by atoms with van der Waals surface area (Å²) >= 11 is 0. The van der Waals surface area contributed by atoms with Gasteiger partial charge in [0.05, 0.1) is 12.3 Å². The maximum Gasteiger partial charge on any atom is 0.145 e. The molecule has 2 aromatic carbocycles. The SMILES string of the molecule is CCOc1cc(F)ccc1NC(C)c1cc(C)ccc1C. The quantitative estimate of drug-likeness (QED) is 0.834. The Balaban J connectivity index is 2.26. The summed E-state index contributed by atoms with van der Waals surface area (Å²) in [5.41, 5.74) is 4.52. The zero-order chi connectivity index (χ0) is 15.4. The topological polar surface area (TPSA) is 21.3 Å². The minimum absolute atomic E-state index is 0.120. The lowest BCUT2D eigenvalue weighted by Gasteiger charge is -2.20. The van der Waals surface area contributed by atoms with Crippen molar-refractivity contribution in [2.75, 3.05) is 11.9 Å². The van der Waals surface area contributed by atoms with Crippen molar-refractivity contribution in [1.82, 2.24) is 0 Å². The lowest BCUT2D eigenvalue weighted by molar-refractivity contribution is 0.339. The van der Waals surface area contributed by atoms with Crippen molar-refractivity contribution in [2.45, 2.75) is 33.7 Å². The Labute approximate surface area is 126 Å². The fourth-order valence-corrected chi connectivity index (χ4v) is 2.43. The first kappa shape index (κ1) is 15.4. The first-order chi connectivity index (χ1) is 10.0. The number of anilines is 1. The Morgan fingerprint density at radius 1 is 1.14 bits per heavy atom. The zero-order valence-corrected chi connectivity index (χ0v) is 13.0. The van der Waals surface area contributed by atoms with E-state index >= 15 is 0 Å². The molecular weight excluding hydrogens is 265 g/mol. The number of ether oxygens (including phenoxy) is 1. The molecule has 21 heavy (non-hydrogen) atoms. The molecule has 1 unspecified atom stereocenters. The fourth-order valence-electron chi connectivity index (χ4n) is 2.43. The zero-order valence-electron chi connectivity index (χ0n) is 13.0. The summed E-state index contributed by atoms with van der Waals surface area (Å²) in [7, 11) is 0. The number of hydrogen-bond donors (Lipinski definition) is 1. The van der Waals surface area contributed by atoms with Crippen LogP contribution in [-0.4, -0.2) is 6.61 Å². The molecule has 3 heteroatoms. The summed E-state index contributed by atoms with van der Waals surface area (Å²) in [4.78, 5) is 0. The van der Waals surface area contributed by atoms with Gasteiger partial charge in [-0.3, -0.25) is 0 Å². The van der Waals surface area contributed by atoms with Gasteiger partial charge in [0.15, 0.2) is 0 Å². The summed E-state index contributed by atoms with van der Waals surface area (Å²) < 4.78 is 18.8. The average molecular weight is 287 g/mol. The maximum absolute atomic E-state index is 13.3. The first-order valence-electron chi connectivity index (χ1n) is 7.27. The van der Waals surface area contributed by atoms with Gasteiger partial charge < -0.3 is 10.1 Å². The summed E-state index contributed by atoms with van der Waals surface area (Å²) in [5.74, 6) is 0.262. The van der Waals surface area contributed by atoms with Crippen molar-refractivity contribution < 1.29 is 9.13 Å². The number of aryl methyl sites for hydroxylation is 2. The lowest BCUT2D eigenvalue weighted by atomic mass is 10.00. The molecule has 2 rings (SSSR count). The summed E-state index contributed by atoms with van der Waals surface area (Å²) in [6, 6.07) is 11.1. The highest BCUT2D eigenvalue weighted by molar-refractivity contribution is 5.58. The van der Waals surface area contributed by atoms with Crippen LogP contribution in [0.2, 0.25) is 0 Å². The number of hydrogen-bond acceptors (Lipinski definition) is 2. The molecule has 1 atom stereocenters. The molecule has 0 saturated heterocycles. The summed E-state index contributed by atoms with van der Waals surface area (Å²) in [5, 5.41) is 3.42. The van der Waals surface area contributed by atoms with Gasteiger partial charge in [-0.2, -0.15) is 0 Å². The van der Waals surface area contributed by atoms with Crippen LogP contribution in [0, 0.1) is 19.7 Å². The average Bonchev–Trinajstić information content (AvgIpc) is 2.44. The van der Waals surface area contributed by atoms with Crippen LogP contribution in [-0.2, 0) is 0 Å². The van der Waals surface area contributed by atoms with E-state index in [0.29, 0.717) is 12.4 Å². The molecule has 0 fully saturated rings.